The number of nitrogens with zero attached hydrogens (tertiary/aromatic N) is 2. The Kier molecular flexibility index (Phi) is 8.26. The normalized spacial score (nSPS) is 11.4. The van der Waals surface area contributed by atoms with Gasteiger partial charge in [0.05, 0.1) is 30.9 Å². The van der Waals surface area contributed by atoms with Crippen LogP contribution in [0.1, 0.15) is 25.3 Å². The van der Waals surface area contributed by atoms with Crippen molar-refractivity contribution in [1.29, 1.82) is 0 Å². The van der Waals surface area contributed by atoms with Gasteiger partial charge in [0.1, 0.15) is 17.3 Å². The van der Waals surface area contributed by atoms with Gasteiger partial charge in [-0.15, -0.1) is 0 Å². The van der Waals surface area contributed by atoms with Crippen LogP contribution in [0.2, 0.25) is 5.02 Å². The van der Waals surface area contributed by atoms with E-state index in [1.54, 1.807) is 20.3 Å². The predicted molar refractivity (Wildman–Crippen MR) is 142 cm³/mol. The Morgan fingerprint density at radius 2 is 1.83 bits per heavy atom. The number of pyridine rings is 1. The first-order chi connectivity index (χ1) is 17.0. The molecule has 7 heteroatoms. The topological polar surface area (TPSA) is 46.6 Å². The number of rotatable bonds is 11. The highest BCUT2D eigenvalue weighted by atomic mass is 35.5. The standard InChI is InChI=1S/C28H31ClFN3O2/c1-4-14-33(18-23-24(30)7-5-8-27(23)35-3)15-6-13-31-28-21-11-9-19(29)16-26(21)32-25-12-10-20(34-2)17-22(25)28/h5,7-12,16-17H,4,6,13-15,18H2,1-3H3,(H,31,32). The number of nitrogens with one attached hydrogen (secondary N) is 1. The van der Waals surface area contributed by atoms with Crippen molar-refractivity contribution in [2.45, 2.75) is 26.3 Å². The highest BCUT2D eigenvalue weighted by molar-refractivity contribution is 6.31. The summed E-state index contributed by atoms with van der Waals surface area (Å²) in [7, 11) is 3.24. The van der Waals surface area contributed by atoms with Crippen molar-refractivity contribution in [3.05, 3.63) is 71.0 Å². The van der Waals surface area contributed by atoms with Gasteiger partial charge in [-0.25, -0.2) is 9.37 Å². The molecule has 4 rings (SSSR count). The summed E-state index contributed by atoms with van der Waals surface area (Å²) in [5.74, 6) is 1.14. The Labute approximate surface area is 210 Å². The van der Waals surface area contributed by atoms with Crippen LogP contribution >= 0.6 is 11.6 Å². The molecule has 0 amide bonds. The van der Waals surface area contributed by atoms with Crippen LogP contribution < -0.4 is 14.8 Å². The number of aromatic nitrogens is 1. The molecule has 35 heavy (non-hydrogen) atoms. The second-order valence-electron chi connectivity index (χ2n) is 8.51. The Bertz CT molecular complexity index is 1310. The van der Waals surface area contributed by atoms with Crippen molar-refractivity contribution in [3.8, 4) is 11.5 Å². The summed E-state index contributed by atoms with van der Waals surface area (Å²) < 4.78 is 25.3. The number of benzene rings is 3. The number of hydrogen-bond donors (Lipinski definition) is 1. The first kappa shape index (κ1) is 25.0. The van der Waals surface area contributed by atoms with Crippen molar-refractivity contribution in [3.63, 3.8) is 0 Å². The van der Waals surface area contributed by atoms with Gasteiger partial charge >= 0.3 is 0 Å². The van der Waals surface area contributed by atoms with Crippen molar-refractivity contribution >= 4 is 39.1 Å². The van der Waals surface area contributed by atoms with E-state index < -0.39 is 0 Å². The largest absolute Gasteiger partial charge is 0.497 e. The first-order valence-electron chi connectivity index (χ1n) is 11.9. The lowest BCUT2D eigenvalue weighted by Crippen LogP contribution is -2.27. The van der Waals surface area contributed by atoms with E-state index in [4.69, 9.17) is 26.1 Å². The molecular formula is C28H31ClFN3O2. The summed E-state index contributed by atoms with van der Waals surface area (Å²) in [5.41, 5.74) is 3.34. The van der Waals surface area contributed by atoms with Gasteiger partial charge in [-0.3, -0.25) is 4.90 Å². The van der Waals surface area contributed by atoms with E-state index in [9.17, 15) is 4.39 Å². The van der Waals surface area contributed by atoms with Gasteiger partial charge in [0, 0.05) is 41.0 Å². The number of halogens is 2. The molecule has 0 aliphatic heterocycles. The number of methoxy groups -OCH3 is 2. The van der Waals surface area contributed by atoms with Gasteiger partial charge in [0.25, 0.3) is 0 Å². The van der Waals surface area contributed by atoms with E-state index >= 15 is 0 Å². The molecule has 4 aromatic rings. The third-order valence-corrected chi connectivity index (χ3v) is 6.35. The molecular weight excluding hydrogens is 465 g/mol. The summed E-state index contributed by atoms with van der Waals surface area (Å²) in [6.07, 6.45) is 1.88. The van der Waals surface area contributed by atoms with Crippen LogP contribution in [0.4, 0.5) is 10.1 Å². The van der Waals surface area contributed by atoms with Crippen molar-refractivity contribution < 1.29 is 13.9 Å². The summed E-state index contributed by atoms with van der Waals surface area (Å²) in [5, 5.41) is 6.30. The number of ether oxygens (including phenoxy) is 2. The fraction of sp³-hybridized carbons (Fsp3) is 0.321. The summed E-state index contributed by atoms with van der Waals surface area (Å²) in [4.78, 5) is 7.06. The highest BCUT2D eigenvalue weighted by Gasteiger charge is 2.14. The van der Waals surface area contributed by atoms with E-state index in [1.807, 2.05) is 42.5 Å². The summed E-state index contributed by atoms with van der Waals surface area (Å²) >= 11 is 6.24. The van der Waals surface area contributed by atoms with E-state index in [0.717, 1.165) is 65.7 Å². The third-order valence-electron chi connectivity index (χ3n) is 6.11. The average Bonchev–Trinajstić information content (AvgIpc) is 2.86. The van der Waals surface area contributed by atoms with Crippen LogP contribution in [0, 0.1) is 5.82 Å². The quantitative estimate of drug-likeness (QED) is 0.181. The first-order valence-corrected chi connectivity index (χ1v) is 12.3. The molecule has 0 fully saturated rings. The van der Waals surface area contributed by atoms with Crippen LogP contribution in [0.25, 0.3) is 21.8 Å². The Morgan fingerprint density at radius 1 is 0.971 bits per heavy atom. The van der Waals surface area contributed by atoms with Crippen molar-refractivity contribution in [2.75, 3.05) is 39.2 Å². The van der Waals surface area contributed by atoms with E-state index in [0.29, 0.717) is 22.9 Å². The summed E-state index contributed by atoms with van der Waals surface area (Å²) in [6, 6.07) is 16.6. The zero-order valence-electron chi connectivity index (χ0n) is 20.4. The minimum absolute atomic E-state index is 0.231. The van der Waals surface area contributed by atoms with Crippen LogP contribution in [0.3, 0.4) is 0 Å². The molecule has 1 aromatic heterocycles. The molecule has 0 atom stereocenters. The Hall–Kier alpha value is -3.09. The minimum atomic E-state index is -0.231. The fourth-order valence-electron chi connectivity index (χ4n) is 4.42. The van der Waals surface area contributed by atoms with Crippen molar-refractivity contribution in [2.24, 2.45) is 0 Å². The minimum Gasteiger partial charge on any atom is -0.497 e. The fourth-order valence-corrected chi connectivity index (χ4v) is 4.59. The average molecular weight is 496 g/mol. The molecule has 0 saturated carbocycles. The van der Waals surface area contributed by atoms with E-state index in [1.165, 1.54) is 6.07 Å². The predicted octanol–water partition coefficient (Wildman–Crippen LogP) is 6.91. The molecule has 0 spiro atoms. The molecule has 184 valence electrons. The molecule has 1 heterocycles. The molecule has 0 bridgehead atoms. The second-order valence-corrected chi connectivity index (χ2v) is 8.94. The Balaban J connectivity index is 1.52. The van der Waals surface area contributed by atoms with Gasteiger partial charge in [0.2, 0.25) is 0 Å². The number of fused-ring (bicyclic) bond motifs is 2. The maximum absolute atomic E-state index is 14.5. The molecule has 3 aromatic carbocycles. The SMILES string of the molecule is CCCN(CCCNc1c2ccc(Cl)cc2nc2ccc(OC)cc12)Cc1c(F)cccc1OC. The Morgan fingerprint density at radius 3 is 2.60 bits per heavy atom. The van der Waals surface area contributed by atoms with Gasteiger partial charge < -0.3 is 14.8 Å². The van der Waals surface area contributed by atoms with Gasteiger partial charge in [-0.2, -0.15) is 0 Å². The molecule has 0 aliphatic rings. The lowest BCUT2D eigenvalue weighted by atomic mass is 10.1. The van der Waals surface area contributed by atoms with Crippen LogP contribution in [0.5, 0.6) is 11.5 Å². The van der Waals surface area contributed by atoms with Crippen molar-refractivity contribution in [1.82, 2.24) is 9.88 Å². The highest BCUT2D eigenvalue weighted by Crippen LogP contribution is 2.34. The van der Waals surface area contributed by atoms with Crippen LogP contribution in [-0.2, 0) is 6.54 Å². The lowest BCUT2D eigenvalue weighted by Gasteiger charge is -2.23. The molecule has 0 saturated heterocycles. The lowest BCUT2D eigenvalue weighted by molar-refractivity contribution is 0.256. The summed E-state index contributed by atoms with van der Waals surface area (Å²) in [6.45, 7) is 5.11. The van der Waals surface area contributed by atoms with Gasteiger partial charge in [-0.1, -0.05) is 24.6 Å². The smallest absolute Gasteiger partial charge is 0.131 e. The maximum atomic E-state index is 14.5. The maximum Gasteiger partial charge on any atom is 0.131 e. The second kappa shape index (κ2) is 11.6. The molecule has 0 aliphatic carbocycles. The van der Waals surface area contributed by atoms with Crippen LogP contribution in [-0.4, -0.2) is 43.7 Å². The molecule has 5 nitrogen and oxygen atoms in total. The molecule has 1 N–H and O–H groups in total. The monoisotopic (exact) mass is 495 g/mol. The zero-order chi connectivity index (χ0) is 24.8. The zero-order valence-corrected chi connectivity index (χ0v) is 21.2. The molecule has 0 unspecified atom stereocenters. The molecule has 0 radical (unpaired) electrons. The van der Waals surface area contributed by atoms with E-state index in [-0.39, 0.29) is 5.82 Å². The van der Waals surface area contributed by atoms with Gasteiger partial charge in [-0.05, 0) is 67.9 Å². The number of hydrogen-bond acceptors (Lipinski definition) is 5. The van der Waals surface area contributed by atoms with Gasteiger partial charge in [0.15, 0.2) is 0 Å². The number of anilines is 1. The van der Waals surface area contributed by atoms with E-state index in [2.05, 4.69) is 17.1 Å². The van der Waals surface area contributed by atoms with Crippen LogP contribution in [0.15, 0.2) is 54.6 Å². The third kappa shape index (κ3) is 5.77.